The van der Waals surface area contributed by atoms with Crippen molar-refractivity contribution >= 4 is 21.6 Å². The molecule has 1 heterocycles. The SMILES string of the molecule is CCCn1cc(C(NN)c2cc(Br)ccc2N)cn1. The van der Waals surface area contributed by atoms with Gasteiger partial charge in [-0.05, 0) is 30.2 Å². The Kier molecular flexibility index (Phi) is 4.57. The van der Waals surface area contributed by atoms with E-state index in [9.17, 15) is 0 Å². The number of nitrogens with one attached hydrogen (secondary N) is 1. The van der Waals surface area contributed by atoms with Gasteiger partial charge in [0.2, 0.25) is 0 Å². The van der Waals surface area contributed by atoms with Crippen molar-refractivity contribution in [2.24, 2.45) is 5.84 Å². The summed E-state index contributed by atoms with van der Waals surface area (Å²) >= 11 is 3.45. The molecule has 0 saturated heterocycles. The summed E-state index contributed by atoms with van der Waals surface area (Å²) in [6.07, 6.45) is 4.86. The Labute approximate surface area is 121 Å². The van der Waals surface area contributed by atoms with Gasteiger partial charge in [-0.3, -0.25) is 10.5 Å². The van der Waals surface area contributed by atoms with Crippen LogP contribution < -0.4 is 17.0 Å². The lowest BCUT2D eigenvalue weighted by atomic mass is 10.0. The van der Waals surface area contributed by atoms with E-state index in [2.05, 4.69) is 33.4 Å². The van der Waals surface area contributed by atoms with Crippen LogP contribution in [0, 0.1) is 0 Å². The van der Waals surface area contributed by atoms with Gasteiger partial charge < -0.3 is 5.73 Å². The van der Waals surface area contributed by atoms with E-state index in [1.165, 1.54) is 0 Å². The van der Waals surface area contributed by atoms with Gasteiger partial charge in [-0.25, -0.2) is 5.43 Å². The minimum Gasteiger partial charge on any atom is -0.398 e. The van der Waals surface area contributed by atoms with Crippen molar-refractivity contribution < 1.29 is 0 Å². The average molecular weight is 324 g/mol. The minimum absolute atomic E-state index is 0.164. The van der Waals surface area contributed by atoms with Gasteiger partial charge in [-0.1, -0.05) is 22.9 Å². The van der Waals surface area contributed by atoms with Crippen molar-refractivity contribution in [1.29, 1.82) is 0 Å². The maximum absolute atomic E-state index is 6.03. The third kappa shape index (κ3) is 3.15. The fourth-order valence-corrected chi connectivity index (χ4v) is 2.42. The fourth-order valence-electron chi connectivity index (χ4n) is 2.04. The van der Waals surface area contributed by atoms with Crippen LogP contribution in [0.2, 0.25) is 0 Å². The van der Waals surface area contributed by atoms with Crippen molar-refractivity contribution in [3.63, 3.8) is 0 Å². The van der Waals surface area contributed by atoms with Crippen LogP contribution in [0.25, 0.3) is 0 Å². The van der Waals surface area contributed by atoms with Crippen LogP contribution in [0.3, 0.4) is 0 Å². The maximum atomic E-state index is 6.03. The fraction of sp³-hybridized carbons (Fsp3) is 0.308. The summed E-state index contributed by atoms with van der Waals surface area (Å²) in [6, 6.07) is 5.58. The highest BCUT2D eigenvalue weighted by molar-refractivity contribution is 9.10. The number of aromatic nitrogens is 2. The molecule has 1 aromatic heterocycles. The van der Waals surface area contributed by atoms with Gasteiger partial charge in [-0.15, -0.1) is 0 Å². The molecule has 0 saturated carbocycles. The van der Waals surface area contributed by atoms with E-state index in [1.54, 1.807) is 0 Å². The second-order valence-electron chi connectivity index (χ2n) is 4.41. The summed E-state index contributed by atoms with van der Waals surface area (Å²) in [7, 11) is 0. The van der Waals surface area contributed by atoms with Crippen molar-refractivity contribution in [3.05, 3.63) is 46.2 Å². The first-order valence-corrected chi connectivity index (χ1v) is 6.98. The zero-order valence-electron chi connectivity index (χ0n) is 10.8. The van der Waals surface area contributed by atoms with Crippen LogP contribution in [0.5, 0.6) is 0 Å². The van der Waals surface area contributed by atoms with Crippen LogP contribution in [0.15, 0.2) is 35.1 Å². The normalized spacial score (nSPS) is 12.6. The molecular formula is C13H18BrN5. The summed E-state index contributed by atoms with van der Waals surface area (Å²) in [5.74, 6) is 5.68. The number of nitrogens with zero attached hydrogens (tertiary/aromatic N) is 2. The highest BCUT2D eigenvalue weighted by atomic mass is 79.9. The number of aryl methyl sites for hydroxylation is 1. The smallest absolute Gasteiger partial charge is 0.0761 e. The van der Waals surface area contributed by atoms with Gasteiger partial charge in [0, 0.05) is 28.5 Å². The third-order valence-electron chi connectivity index (χ3n) is 2.97. The number of anilines is 1. The molecule has 1 unspecified atom stereocenters. The molecule has 1 aromatic carbocycles. The molecule has 6 heteroatoms. The van der Waals surface area contributed by atoms with E-state index < -0.39 is 0 Å². The molecular weight excluding hydrogens is 306 g/mol. The molecule has 1 atom stereocenters. The summed E-state index contributed by atoms with van der Waals surface area (Å²) in [4.78, 5) is 0. The van der Waals surface area contributed by atoms with Gasteiger partial charge >= 0.3 is 0 Å². The number of nitrogen functional groups attached to an aromatic ring is 1. The minimum atomic E-state index is -0.164. The predicted molar refractivity (Wildman–Crippen MR) is 80.2 cm³/mol. The molecule has 0 radical (unpaired) electrons. The average Bonchev–Trinajstić information content (AvgIpc) is 2.83. The van der Waals surface area contributed by atoms with Crippen LogP contribution in [-0.2, 0) is 6.54 Å². The summed E-state index contributed by atoms with van der Waals surface area (Å²) in [5, 5.41) is 4.32. The standard InChI is InChI=1S/C13H18BrN5/c1-2-5-19-8-9(7-17-19)13(18-16)11-6-10(14)3-4-12(11)15/h3-4,6-8,13,18H,2,5,15-16H2,1H3. The van der Waals surface area contributed by atoms with Gasteiger partial charge in [0.25, 0.3) is 0 Å². The summed E-state index contributed by atoms with van der Waals surface area (Å²) < 4.78 is 2.88. The summed E-state index contributed by atoms with van der Waals surface area (Å²) in [5.41, 5.74) is 11.5. The topological polar surface area (TPSA) is 81.9 Å². The highest BCUT2D eigenvalue weighted by Crippen LogP contribution is 2.28. The Morgan fingerprint density at radius 2 is 2.26 bits per heavy atom. The molecule has 0 aliphatic rings. The first kappa shape index (κ1) is 14.0. The van der Waals surface area contributed by atoms with E-state index in [0.717, 1.165) is 28.6 Å². The van der Waals surface area contributed by atoms with E-state index >= 15 is 0 Å². The molecule has 5 nitrogen and oxygen atoms in total. The van der Waals surface area contributed by atoms with Crippen molar-refractivity contribution in [3.8, 4) is 0 Å². The Hall–Kier alpha value is -1.37. The van der Waals surface area contributed by atoms with E-state index in [4.69, 9.17) is 11.6 Å². The zero-order chi connectivity index (χ0) is 13.8. The lowest BCUT2D eigenvalue weighted by Gasteiger charge is -2.17. The lowest BCUT2D eigenvalue weighted by molar-refractivity contribution is 0.598. The number of nitrogens with two attached hydrogens (primary N) is 2. The molecule has 0 spiro atoms. The molecule has 2 aromatic rings. The molecule has 2 rings (SSSR count). The Bertz CT molecular complexity index is 552. The summed E-state index contributed by atoms with van der Waals surface area (Å²) in [6.45, 7) is 3.01. The number of halogens is 1. The molecule has 0 bridgehead atoms. The Morgan fingerprint density at radius 1 is 1.47 bits per heavy atom. The third-order valence-corrected chi connectivity index (χ3v) is 3.46. The quantitative estimate of drug-likeness (QED) is 0.447. The lowest BCUT2D eigenvalue weighted by Crippen LogP contribution is -2.29. The van der Waals surface area contributed by atoms with Crippen LogP contribution in [0.4, 0.5) is 5.69 Å². The van der Waals surface area contributed by atoms with Crippen LogP contribution in [-0.4, -0.2) is 9.78 Å². The number of benzene rings is 1. The number of hydrogen-bond acceptors (Lipinski definition) is 4. The van der Waals surface area contributed by atoms with E-state index in [-0.39, 0.29) is 6.04 Å². The molecule has 19 heavy (non-hydrogen) atoms. The van der Waals surface area contributed by atoms with Crippen LogP contribution >= 0.6 is 15.9 Å². The molecule has 0 fully saturated rings. The molecule has 0 aliphatic carbocycles. The Balaban J connectivity index is 2.35. The first-order valence-electron chi connectivity index (χ1n) is 6.19. The van der Waals surface area contributed by atoms with Crippen molar-refractivity contribution in [2.75, 3.05) is 5.73 Å². The molecule has 5 N–H and O–H groups in total. The Morgan fingerprint density at radius 3 is 2.95 bits per heavy atom. The highest BCUT2D eigenvalue weighted by Gasteiger charge is 2.17. The monoisotopic (exact) mass is 323 g/mol. The number of hydrazine groups is 1. The van der Waals surface area contributed by atoms with E-state index in [0.29, 0.717) is 5.69 Å². The van der Waals surface area contributed by atoms with Gasteiger partial charge in [0.15, 0.2) is 0 Å². The van der Waals surface area contributed by atoms with Crippen molar-refractivity contribution in [2.45, 2.75) is 25.9 Å². The zero-order valence-corrected chi connectivity index (χ0v) is 12.4. The first-order chi connectivity index (χ1) is 9.15. The molecule has 0 amide bonds. The van der Waals surface area contributed by atoms with Gasteiger partial charge in [0.1, 0.15) is 0 Å². The second-order valence-corrected chi connectivity index (χ2v) is 5.33. The predicted octanol–water partition coefficient (Wildman–Crippen LogP) is 2.19. The molecule has 0 aliphatic heterocycles. The van der Waals surface area contributed by atoms with E-state index in [1.807, 2.05) is 35.3 Å². The second kappa shape index (κ2) is 6.18. The molecule has 102 valence electrons. The van der Waals surface area contributed by atoms with Crippen molar-refractivity contribution in [1.82, 2.24) is 15.2 Å². The van der Waals surface area contributed by atoms with Gasteiger partial charge in [0.05, 0.1) is 12.2 Å². The number of rotatable bonds is 5. The maximum Gasteiger partial charge on any atom is 0.0761 e. The van der Waals surface area contributed by atoms with Crippen LogP contribution in [0.1, 0.15) is 30.5 Å². The largest absolute Gasteiger partial charge is 0.398 e. The number of hydrogen-bond donors (Lipinski definition) is 3. The van der Waals surface area contributed by atoms with Gasteiger partial charge in [-0.2, -0.15) is 5.10 Å².